The first kappa shape index (κ1) is 22.1. The molecule has 1 aliphatic rings. The highest BCUT2D eigenvalue weighted by molar-refractivity contribution is 8.15. The van der Waals surface area contributed by atoms with Crippen LogP contribution in [0.2, 0.25) is 0 Å². The summed E-state index contributed by atoms with van der Waals surface area (Å²) in [7, 11) is 1.65. The molecule has 0 aromatic heterocycles. The Balaban J connectivity index is 1.81. The van der Waals surface area contributed by atoms with Gasteiger partial charge in [-0.25, -0.2) is 0 Å². The van der Waals surface area contributed by atoms with Gasteiger partial charge in [0.05, 0.1) is 25.1 Å². The number of thioether (sulfide) groups is 1. The molecule has 2 aromatic rings. The number of rotatable bonds is 8. The summed E-state index contributed by atoms with van der Waals surface area (Å²) in [6.07, 6.45) is 4.72. The van der Waals surface area contributed by atoms with E-state index in [9.17, 15) is 4.79 Å². The lowest BCUT2D eigenvalue weighted by atomic mass is 10.1. The molecule has 0 radical (unpaired) electrons. The minimum absolute atomic E-state index is 0.0849. The van der Waals surface area contributed by atoms with Crippen molar-refractivity contribution < 1.29 is 9.53 Å². The Morgan fingerprint density at radius 3 is 2.60 bits per heavy atom. The van der Waals surface area contributed by atoms with Gasteiger partial charge < -0.3 is 4.74 Å². The van der Waals surface area contributed by atoms with Crippen LogP contribution in [-0.2, 0) is 11.3 Å². The molecule has 6 heteroatoms. The Hall–Kier alpha value is -2.60. The first-order chi connectivity index (χ1) is 14.5. The topological polar surface area (TPSA) is 54.3 Å². The van der Waals surface area contributed by atoms with Crippen LogP contribution < -0.4 is 4.74 Å². The van der Waals surface area contributed by atoms with Crippen molar-refractivity contribution in [1.29, 1.82) is 0 Å². The molecule has 3 rings (SSSR count). The summed E-state index contributed by atoms with van der Waals surface area (Å²) in [6.45, 7) is 6.76. The van der Waals surface area contributed by atoms with Crippen LogP contribution in [-0.4, -0.2) is 34.5 Å². The molecule has 1 heterocycles. The van der Waals surface area contributed by atoms with Crippen molar-refractivity contribution in [2.24, 2.45) is 10.2 Å². The van der Waals surface area contributed by atoms with Crippen LogP contribution in [0.3, 0.4) is 0 Å². The molecular formula is C24H29N3O2S. The molecule has 0 spiro atoms. The van der Waals surface area contributed by atoms with Crippen molar-refractivity contribution in [3.8, 4) is 5.75 Å². The number of amides is 1. The van der Waals surface area contributed by atoms with E-state index in [0.717, 1.165) is 41.7 Å². The van der Waals surface area contributed by atoms with Gasteiger partial charge >= 0.3 is 0 Å². The number of ether oxygens (including phenoxy) is 1. The van der Waals surface area contributed by atoms with E-state index < -0.39 is 0 Å². The SMILES string of the molecule is CCCC[C@@H]1S/C(=N/N=C\c2ccc(C)cc2C)N(Cc2ccc(OC)cc2)C1=O. The average Bonchev–Trinajstić information content (AvgIpc) is 3.03. The Morgan fingerprint density at radius 2 is 1.93 bits per heavy atom. The summed E-state index contributed by atoms with van der Waals surface area (Å²) >= 11 is 1.52. The first-order valence-corrected chi connectivity index (χ1v) is 11.2. The van der Waals surface area contributed by atoms with Gasteiger partial charge in [0, 0.05) is 0 Å². The molecule has 0 unspecified atom stereocenters. The Kier molecular flexibility index (Phi) is 7.69. The lowest BCUT2D eigenvalue weighted by Gasteiger charge is -2.16. The highest BCUT2D eigenvalue weighted by Crippen LogP contribution is 2.32. The van der Waals surface area contributed by atoms with Crippen molar-refractivity contribution in [2.45, 2.75) is 51.8 Å². The van der Waals surface area contributed by atoms with Crippen molar-refractivity contribution in [1.82, 2.24) is 4.90 Å². The van der Waals surface area contributed by atoms with E-state index in [1.54, 1.807) is 18.2 Å². The number of hydrogen-bond donors (Lipinski definition) is 0. The van der Waals surface area contributed by atoms with Crippen LogP contribution in [0.15, 0.2) is 52.7 Å². The zero-order chi connectivity index (χ0) is 21.5. The molecule has 1 fully saturated rings. The van der Waals surface area contributed by atoms with Gasteiger partial charge in [0.2, 0.25) is 5.91 Å². The minimum atomic E-state index is -0.0849. The molecule has 1 atom stereocenters. The van der Waals surface area contributed by atoms with E-state index in [0.29, 0.717) is 11.7 Å². The largest absolute Gasteiger partial charge is 0.497 e. The molecule has 0 aliphatic carbocycles. The summed E-state index contributed by atoms with van der Waals surface area (Å²) in [5.41, 5.74) is 4.44. The third-order valence-electron chi connectivity index (χ3n) is 5.11. The smallest absolute Gasteiger partial charge is 0.242 e. The van der Waals surface area contributed by atoms with Crippen molar-refractivity contribution in [3.05, 3.63) is 64.7 Å². The number of hydrogen-bond acceptors (Lipinski definition) is 5. The van der Waals surface area contributed by atoms with Gasteiger partial charge in [0.15, 0.2) is 5.17 Å². The number of carbonyl (C=O) groups is 1. The highest BCUT2D eigenvalue weighted by atomic mass is 32.2. The molecule has 1 saturated heterocycles. The van der Waals surface area contributed by atoms with E-state index >= 15 is 0 Å². The van der Waals surface area contributed by atoms with Crippen LogP contribution in [0, 0.1) is 13.8 Å². The molecule has 5 nitrogen and oxygen atoms in total. The molecule has 0 N–H and O–H groups in total. The van der Waals surface area contributed by atoms with Crippen LogP contribution in [0.4, 0.5) is 0 Å². The summed E-state index contributed by atoms with van der Waals surface area (Å²) in [5.74, 6) is 0.915. The monoisotopic (exact) mass is 423 g/mol. The molecule has 0 saturated carbocycles. The van der Waals surface area contributed by atoms with Gasteiger partial charge in [0.1, 0.15) is 5.75 Å². The second-order valence-corrected chi connectivity index (χ2v) is 8.68. The Morgan fingerprint density at radius 1 is 1.17 bits per heavy atom. The zero-order valence-corrected chi connectivity index (χ0v) is 18.9. The third kappa shape index (κ3) is 5.51. The zero-order valence-electron chi connectivity index (χ0n) is 18.1. The van der Waals surface area contributed by atoms with Crippen molar-refractivity contribution in [3.63, 3.8) is 0 Å². The number of benzene rings is 2. The predicted octanol–water partition coefficient (Wildman–Crippen LogP) is 5.34. The minimum Gasteiger partial charge on any atom is -0.497 e. The second kappa shape index (κ2) is 10.4. The van der Waals surface area contributed by atoms with Gasteiger partial charge in [-0.15, -0.1) is 5.10 Å². The number of aryl methyl sites for hydroxylation is 2. The molecule has 0 bridgehead atoms. The molecular weight excluding hydrogens is 394 g/mol. The lowest BCUT2D eigenvalue weighted by molar-refractivity contribution is -0.126. The number of nitrogens with zero attached hydrogens (tertiary/aromatic N) is 3. The number of methoxy groups -OCH3 is 1. The van der Waals surface area contributed by atoms with Gasteiger partial charge in [-0.2, -0.15) is 5.10 Å². The fourth-order valence-corrected chi connectivity index (χ4v) is 4.47. The second-order valence-electron chi connectivity index (χ2n) is 7.51. The summed E-state index contributed by atoms with van der Waals surface area (Å²) < 4.78 is 5.23. The first-order valence-electron chi connectivity index (χ1n) is 10.3. The van der Waals surface area contributed by atoms with Crippen LogP contribution in [0.1, 0.15) is 48.4 Å². The number of unbranched alkanes of at least 4 members (excludes halogenated alkanes) is 1. The maximum Gasteiger partial charge on any atom is 0.242 e. The van der Waals surface area contributed by atoms with Gasteiger partial charge in [-0.1, -0.05) is 67.4 Å². The highest BCUT2D eigenvalue weighted by Gasteiger charge is 2.37. The molecule has 158 valence electrons. The fraction of sp³-hybridized carbons (Fsp3) is 0.375. The molecule has 30 heavy (non-hydrogen) atoms. The van der Waals surface area contributed by atoms with E-state index in [-0.39, 0.29) is 11.2 Å². The standard InChI is InChI=1S/C24H29N3O2S/c1-5-6-7-22-23(28)27(16-19-9-12-21(29-4)13-10-19)24(30-22)26-25-15-20-11-8-17(2)14-18(20)3/h8-15,22H,5-7,16H2,1-4H3/b25-15-,26-24+/t22-/m0/s1. The Bertz CT molecular complexity index is 938. The van der Waals surface area contributed by atoms with E-state index in [1.165, 1.54) is 17.3 Å². The summed E-state index contributed by atoms with van der Waals surface area (Å²) in [4.78, 5) is 14.8. The summed E-state index contributed by atoms with van der Waals surface area (Å²) in [5, 5.41) is 9.32. The lowest BCUT2D eigenvalue weighted by Crippen LogP contribution is -2.31. The van der Waals surface area contributed by atoms with Crippen molar-refractivity contribution in [2.75, 3.05) is 7.11 Å². The quantitative estimate of drug-likeness (QED) is 0.426. The maximum absolute atomic E-state index is 13.0. The molecule has 2 aromatic carbocycles. The van der Waals surface area contributed by atoms with Crippen LogP contribution >= 0.6 is 11.8 Å². The number of amidine groups is 1. The van der Waals surface area contributed by atoms with Crippen LogP contribution in [0.5, 0.6) is 5.75 Å². The van der Waals surface area contributed by atoms with Gasteiger partial charge in [-0.05, 0) is 49.1 Å². The van der Waals surface area contributed by atoms with E-state index in [1.807, 2.05) is 30.3 Å². The van der Waals surface area contributed by atoms with Gasteiger partial charge in [-0.3, -0.25) is 9.69 Å². The molecule has 1 amide bonds. The van der Waals surface area contributed by atoms with E-state index in [2.05, 4.69) is 43.1 Å². The normalized spacial score (nSPS) is 18.0. The molecule has 1 aliphatic heterocycles. The predicted molar refractivity (Wildman–Crippen MR) is 125 cm³/mol. The average molecular weight is 424 g/mol. The Labute approximate surface area is 183 Å². The number of carbonyl (C=O) groups excluding carboxylic acids is 1. The summed E-state index contributed by atoms with van der Waals surface area (Å²) in [6, 6.07) is 14.0. The fourth-order valence-electron chi connectivity index (χ4n) is 3.33. The van der Waals surface area contributed by atoms with E-state index in [4.69, 9.17) is 4.74 Å². The van der Waals surface area contributed by atoms with Gasteiger partial charge in [0.25, 0.3) is 0 Å². The maximum atomic E-state index is 13.0. The van der Waals surface area contributed by atoms with Crippen LogP contribution in [0.25, 0.3) is 0 Å². The van der Waals surface area contributed by atoms with Crippen molar-refractivity contribution >= 4 is 29.1 Å². The third-order valence-corrected chi connectivity index (χ3v) is 6.34.